The molecule has 2 heterocycles. The average molecular weight is 474 g/mol. The molecule has 0 radical (unpaired) electrons. The number of likely N-dealkylation sites (N-methyl/N-ethyl adjacent to an activating group) is 1. The third-order valence-corrected chi connectivity index (χ3v) is 4.82. The predicted molar refractivity (Wildman–Crippen MR) is 116 cm³/mol. The lowest BCUT2D eigenvalue weighted by molar-refractivity contribution is 0.0992. The van der Waals surface area contributed by atoms with Crippen molar-refractivity contribution in [1.82, 2.24) is 15.5 Å². The number of nitrogens with zero attached hydrogens (tertiary/aromatic N) is 2. The number of nitrogens with one attached hydrogen (secondary N) is 2. The highest BCUT2D eigenvalue weighted by Crippen LogP contribution is 2.34. The molecule has 1 aromatic rings. The molecular formula is C19H31IN4O2. The summed E-state index contributed by atoms with van der Waals surface area (Å²) in [4.78, 5) is 6.46. The standard InChI is InChI=1S/C19H30N4O2.HI/c1-20-19(22-17-12-16-7-8-18(17)25-16)21-13-14-5-4-6-15(11-14)24-10-9-23(2)3;/h4-6,11,16-18H,7-10,12-13H2,1-3H3,(H2,20,21,22);1H. The molecule has 6 nitrogen and oxygen atoms in total. The largest absolute Gasteiger partial charge is 0.492 e. The minimum absolute atomic E-state index is 0. The topological polar surface area (TPSA) is 58.1 Å². The number of ether oxygens (including phenoxy) is 2. The maximum absolute atomic E-state index is 5.90. The van der Waals surface area contributed by atoms with Crippen molar-refractivity contribution in [2.75, 3.05) is 34.3 Å². The second-order valence-corrected chi connectivity index (χ2v) is 7.09. The molecule has 0 aromatic heterocycles. The van der Waals surface area contributed by atoms with Gasteiger partial charge >= 0.3 is 0 Å². The summed E-state index contributed by atoms with van der Waals surface area (Å²) in [7, 11) is 5.90. The smallest absolute Gasteiger partial charge is 0.191 e. The normalized spacial score (nSPS) is 24.5. The number of halogens is 1. The predicted octanol–water partition coefficient (Wildman–Crippen LogP) is 2.23. The maximum atomic E-state index is 5.90. The van der Waals surface area contributed by atoms with Crippen molar-refractivity contribution in [3.05, 3.63) is 29.8 Å². The molecule has 0 amide bonds. The van der Waals surface area contributed by atoms with Gasteiger partial charge in [-0.2, -0.15) is 0 Å². The van der Waals surface area contributed by atoms with E-state index in [-0.39, 0.29) is 24.0 Å². The van der Waals surface area contributed by atoms with E-state index in [2.05, 4.69) is 32.7 Å². The quantitative estimate of drug-likeness (QED) is 0.361. The number of guanidine groups is 1. The summed E-state index contributed by atoms with van der Waals surface area (Å²) >= 11 is 0. The molecule has 2 N–H and O–H groups in total. The number of aliphatic imine (C=N–C) groups is 1. The van der Waals surface area contributed by atoms with Crippen LogP contribution in [0.3, 0.4) is 0 Å². The van der Waals surface area contributed by atoms with E-state index in [9.17, 15) is 0 Å². The molecule has 3 rings (SSSR count). The zero-order valence-corrected chi connectivity index (χ0v) is 18.2. The summed E-state index contributed by atoms with van der Waals surface area (Å²) in [5.74, 6) is 1.74. The second kappa shape index (κ2) is 10.3. The molecule has 1 aromatic carbocycles. The van der Waals surface area contributed by atoms with Crippen molar-refractivity contribution in [2.24, 2.45) is 4.99 Å². The van der Waals surface area contributed by atoms with Crippen LogP contribution in [0.5, 0.6) is 5.75 Å². The molecule has 3 unspecified atom stereocenters. The van der Waals surface area contributed by atoms with Crippen LogP contribution in [0.4, 0.5) is 0 Å². The Morgan fingerprint density at radius 3 is 2.85 bits per heavy atom. The molecule has 3 atom stereocenters. The second-order valence-electron chi connectivity index (χ2n) is 7.09. The Bertz CT molecular complexity index is 597. The Morgan fingerprint density at radius 1 is 1.35 bits per heavy atom. The van der Waals surface area contributed by atoms with Crippen molar-refractivity contribution in [1.29, 1.82) is 0 Å². The monoisotopic (exact) mass is 474 g/mol. The van der Waals surface area contributed by atoms with Crippen molar-refractivity contribution in [3.8, 4) is 5.75 Å². The summed E-state index contributed by atoms with van der Waals surface area (Å²) in [6.45, 7) is 2.31. The lowest BCUT2D eigenvalue weighted by atomic mass is 9.96. The fourth-order valence-corrected chi connectivity index (χ4v) is 3.44. The number of hydrogen-bond acceptors (Lipinski definition) is 4. The van der Waals surface area contributed by atoms with Gasteiger partial charge in [0.2, 0.25) is 0 Å². The van der Waals surface area contributed by atoms with Crippen LogP contribution < -0.4 is 15.4 Å². The third-order valence-electron chi connectivity index (χ3n) is 4.82. The summed E-state index contributed by atoms with van der Waals surface area (Å²) in [6, 6.07) is 8.59. The van der Waals surface area contributed by atoms with Crippen LogP contribution >= 0.6 is 24.0 Å². The summed E-state index contributed by atoms with van der Waals surface area (Å²) < 4.78 is 11.7. The van der Waals surface area contributed by atoms with Gasteiger partial charge in [-0.05, 0) is 51.1 Å². The van der Waals surface area contributed by atoms with Crippen LogP contribution in [0.2, 0.25) is 0 Å². The van der Waals surface area contributed by atoms with Crippen molar-refractivity contribution in [2.45, 2.75) is 44.1 Å². The van der Waals surface area contributed by atoms with Crippen LogP contribution in [-0.2, 0) is 11.3 Å². The number of rotatable bonds is 7. The highest BCUT2D eigenvalue weighted by atomic mass is 127. The third kappa shape index (κ3) is 5.99. The van der Waals surface area contributed by atoms with Crippen LogP contribution in [0.25, 0.3) is 0 Å². The lowest BCUT2D eigenvalue weighted by Crippen LogP contribution is -2.47. The van der Waals surface area contributed by atoms with Gasteiger partial charge in [-0.3, -0.25) is 4.99 Å². The van der Waals surface area contributed by atoms with Crippen LogP contribution in [0.15, 0.2) is 29.3 Å². The van der Waals surface area contributed by atoms with E-state index in [4.69, 9.17) is 9.47 Å². The first kappa shape index (κ1) is 21.2. The summed E-state index contributed by atoms with van der Waals surface area (Å²) in [5.41, 5.74) is 1.18. The Hall–Kier alpha value is -1.06. The molecule has 2 bridgehead atoms. The van der Waals surface area contributed by atoms with Crippen LogP contribution in [0.1, 0.15) is 24.8 Å². The van der Waals surface area contributed by atoms with Gasteiger partial charge in [0.25, 0.3) is 0 Å². The summed E-state index contributed by atoms with van der Waals surface area (Å²) in [5, 5.41) is 6.90. The highest BCUT2D eigenvalue weighted by molar-refractivity contribution is 14.0. The van der Waals surface area contributed by atoms with E-state index in [0.717, 1.165) is 31.1 Å². The lowest BCUT2D eigenvalue weighted by Gasteiger charge is -2.22. The Kier molecular flexibility index (Phi) is 8.43. The molecule has 26 heavy (non-hydrogen) atoms. The van der Waals surface area contributed by atoms with Crippen molar-refractivity contribution in [3.63, 3.8) is 0 Å². The molecule has 0 aliphatic carbocycles. The molecule has 2 fully saturated rings. The Balaban J connectivity index is 0.00000243. The number of hydrogen-bond donors (Lipinski definition) is 2. The molecular weight excluding hydrogens is 443 g/mol. The van der Waals surface area contributed by atoms with Gasteiger partial charge in [-0.1, -0.05) is 12.1 Å². The van der Waals surface area contributed by atoms with E-state index in [1.807, 2.05) is 33.3 Å². The molecule has 2 aliphatic rings. The Labute approximate surface area is 173 Å². The van der Waals surface area contributed by atoms with Crippen molar-refractivity contribution >= 4 is 29.9 Å². The van der Waals surface area contributed by atoms with E-state index >= 15 is 0 Å². The van der Waals surface area contributed by atoms with Crippen LogP contribution in [0, 0.1) is 0 Å². The van der Waals surface area contributed by atoms with Gasteiger partial charge in [0.1, 0.15) is 12.4 Å². The first-order chi connectivity index (χ1) is 12.1. The zero-order valence-electron chi connectivity index (χ0n) is 15.9. The SMILES string of the molecule is CN=C(NCc1cccc(OCCN(C)C)c1)NC1CC2CCC1O2.I. The maximum Gasteiger partial charge on any atom is 0.191 e. The van der Waals surface area contributed by atoms with Gasteiger partial charge in [-0.25, -0.2) is 0 Å². The minimum Gasteiger partial charge on any atom is -0.492 e. The molecule has 2 aliphatic heterocycles. The molecule has 0 saturated carbocycles. The van der Waals surface area contributed by atoms with E-state index in [1.165, 1.54) is 12.0 Å². The first-order valence-electron chi connectivity index (χ1n) is 9.13. The average Bonchev–Trinajstić information content (AvgIpc) is 3.21. The molecule has 146 valence electrons. The van der Waals surface area contributed by atoms with E-state index < -0.39 is 0 Å². The van der Waals surface area contributed by atoms with Gasteiger partial charge < -0.3 is 25.0 Å². The van der Waals surface area contributed by atoms with Crippen LogP contribution in [-0.4, -0.2) is 63.4 Å². The highest BCUT2D eigenvalue weighted by Gasteiger charge is 2.41. The van der Waals surface area contributed by atoms with Gasteiger partial charge in [0, 0.05) is 20.1 Å². The fourth-order valence-electron chi connectivity index (χ4n) is 3.44. The first-order valence-corrected chi connectivity index (χ1v) is 9.13. The molecule has 2 saturated heterocycles. The van der Waals surface area contributed by atoms with E-state index in [1.54, 1.807) is 0 Å². The van der Waals surface area contributed by atoms with Gasteiger partial charge in [0.15, 0.2) is 5.96 Å². The molecule has 0 spiro atoms. The van der Waals surface area contributed by atoms with Gasteiger partial charge in [-0.15, -0.1) is 24.0 Å². The summed E-state index contributed by atoms with van der Waals surface area (Å²) in [6.07, 6.45) is 4.23. The van der Waals surface area contributed by atoms with E-state index in [0.29, 0.717) is 31.4 Å². The van der Waals surface area contributed by atoms with Gasteiger partial charge in [0.05, 0.1) is 18.2 Å². The number of benzene rings is 1. The molecule has 7 heteroatoms. The Morgan fingerprint density at radius 2 is 2.19 bits per heavy atom. The number of fused-ring (bicyclic) bond motifs is 2. The van der Waals surface area contributed by atoms with Crippen molar-refractivity contribution < 1.29 is 9.47 Å². The zero-order chi connectivity index (χ0) is 17.6. The fraction of sp³-hybridized carbons (Fsp3) is 0.632. The minimum atomic E-state index is 0.